The molecule has 3 N–H and O–H groups in total. The Morgan fingerprint density at radius 1 is 1.00 bits per heavy atom. The van der Waals surface area contributed by atoms with Crippen LogP contribution < -0.4 is 14.2 Å². The maximum absolute atomic E-state index is 12.0. The molecule has 1 fully saturated rings. The molecule has 4 aromatic rings. The van der Waals surface area contributed by atoms with Crippen LogP contribution in [0.5, 0.6) is 17.2 Å². The summed E-state index contributed by atoms with van der Waals surface area (Å²) in [5.74, 6) is 0.406. The van der Waals surface area contributed by atoms with Gasteiger partial charge in [-0.15, -0.1) is 0 Å². The molecule has 256 valence electrons. The first-order valence-electron chi connectivity index (χ1n) is 15.9. The summed E-state index contributed by atoms with van der Waals surface area (Å²) in [5.41, 5.74) is 5.25. The maximum Gasteiger partial charge on any atom is 0.320 e. The highest BCUT2D eigenvalue weighted by Gasteiger charge is 2.29. The van der Waals surface area contributed by atoms with Gasteiger partial charge < -0.3 is 29.5 Å². The van der Waals surface area contributed by atoms with Gasteiger partial charge in [0.1, 0.15) is 55.3 Å². The van der Waals surface area contributed by atoms with Crippen LogP contribution in [0.2, 0.25) is 10.0 Å². The molecule has 0 radical (unpaired) electrons. The fourth-order valence-electron chi connectivity index (χ4n) is 5.77. The van der Waals surface area contributed by atoms with Crippen LogP contribution >= 0.6 is 23.2 Å². The number of carbonyl (C=O) groups is 1. The Hall–Kier alpha value is -4.37. The van der Waals surface area contributed by atoms with Gasteiger partial charge in [0.15, 0.2) is 0 Å². The number of nitriles is 1. The van der Waals surface area contributed by atoms with E-state index in [4.69, 9.17) is 42.5 Å². The molecule has 2 atom stereocenters. The summed E-state index contributed by atoms with van der Waals surface area (Å²) in [4.78, 5) is 18.1. The van der Waals surface area contributed by atoms with Crippen molar-refractivity contribution in [3.63, 3.8) is 0 Å². The second-order valence-electron chi connectivity index (χ2n) is 11.8. The van der Waals surface area contributed by atoms with Gasteiger partial charge in [-0.25, -0.2) is 0 Å². The van der Waals surface area contributed by atoms with Crippen LogP contribution in [0.1, 0.15) is 47.1 Å². The molecule has 0 saturated carbocycles. The maximum atomic E-state index is 12.0. The summed E-state index contributed by atoms with van der Waals surface area (Å²) in [6, 6.07) is 17.8. The van der Waals surface area contributed by atoms with Crippen molar-refractivity contribution in [3.8, 4) is 34.4 Å². The van der Waals surface area contributed by atoms with E-state index < -0.39 is 24.7 Å². The van der Waals surface area contributed by atoms with E-state index in [1.54, 1.807) is 30.5 Å². The molecular formula is C37H37Cl2N3O7. The highest BCUT2D eigenvalue weighted by molar-refractivity contribution is 6.35. The van der Waals surface area contributed by atoms with Crippen molar-refractivity contribution in [1.29, 1.82) is 5.26 Å². The lowest BCUT2D eigenvalue weighted by molar-refractivity contribution is -0.144. The van der Waals surface area contributed by atoms with Gasteiger partial charge in [-0.3, -0.25) is 14.7 Å². The molecule has 0 bridgehead atoms. The SMILES string of the molecule is Cc1c(COc2cc(OCc3cncc(C#N)c3)c(CN3CCCC[C@H]3C(=O)O)cc2Cl)cccc1-c1cccc(OC[C@H](O)CO)c1Cl. The Bertz CT molecular complexity index is 1830. The lowest BCUT2D eigenvalue weighted by atomic mass is 9.96. The van der Waals surface area contributed by atoms with Crippen LogP contribution in [0, 0.1) is 18.3 Å². The molecule has 1 aliphatic heterocycles. The number of ether oxygens (including phenoxy) is 3. The first-order valence-corrected chi connectivity index (χ1v) is 16.6. The van der Waals surface area contributed by atoms with Gasteiger partial charge in [-0.1, -0.05) is 60.0 Å². The number of rotatable bonds is 14. The lowest BCUT2D eigenvalue weighted by Crippen LogP contribution is -2.44. The number of aliphatic hydroxyl groups excluding tert-OH is 2. The Kier molecular flexibility index (Phi) is 12.3. The molecule has 5 rings (SSSR count). The number of hydrogen-bond donors (Lipinski definition) is 3. The highest BCUT2D eigenvalue weighted by atomic mass is 35.5. The number of carboxylic acids is 1. The number of piperidine rings is 1. The summed E-state index contributed by atoms with van der Waals surface area (Å²) in [7, 11) is 0. The minimum atomic E-state index is -1.02. The van der Waals surface area contributed by atoms with Crippen molar-refractivity contribution < 1.29 is 34.3 Å². The summed E-state index contributed by atoms with van der Waals surface area (Å²) in [5, 5.41) is 38.7. The molecule has 0 amide bonds. The van der Waals surface area contributed by atoms with E-state index >= 15 is 0 Å². The number of pyridine rings is 1. The summed E-state index contributed by atoms with van der Waals surface area (Å²) >= 11 is 13.5. The van der Waals surface area contributed by atoms with Crippen molar-refractivity contribution >= 4 is 29.2 Å². The third kappa shape index (κ3) is 9.01. The predicted molar refractivity (Wildman–Crippen MR) is 185 cm³/mol. The monoisotopic (exact) mass is 705 g/mol. The summed E-state index contributed by atoms with van der Waals surface area (Å²) in [6.45, 7) is 2.72. The minimum absolute atomic E-state index is 0.0981. The Morgan fingerprint density at radius 3 is 2.55 bits per heavy atom. The second kappa shape index (κ2) is 16.8. The fourth-order valence-corrected chi connectivity index (χ4v) is 6.29. The zero-order valence-electron chi connectivity index (χ0n) is 26.9. The molecule has 12 heteroatoms. The Morgan fingerprint density at radius 2 is 1.78 bits per heavy atom. The molecule has 10 nitrogen and oxygen atoms in total. The summed E-state index contributed by atoms with van der Waals surface area (Å²) in [6.07, 6.45) is 4.41. The van der Waals surface area contributed by atoms with Crippen molar-refractivity contribution in [3.05, 3.63) is 105 Å². The van der Waals surface area contributed by atoms with Gasteiger partial charge in [-0.2, -0.15) is 5.26 Å². The van der Waals surface area contributed by atoms with Gasteiger partial charge >= 0.3 is 5.97 Å². The number of aliphatic hydroxyl groups is 2. The van der Waals surface area contributed by atoms with Crippen LogP contribution in [0.15, 0.2) is 67.0 Å². The zero-order valence-corrected chi connectivity index (χ0v) is 28.5. The quantitative estimate of drug-likeness (QED) is 0.132. The average molecular weight is 707 g/mol. The molecule has 49 heavy (non-hydrogen) atoms. The molecule has 3 aromatic carbocycles. The van der Waals surface area contributed by atoms with E-state index in [2.05, 4.69) is 11.1 Å². The number of benzene rings is 3. The van der Waals surface area contributed by atoms with Crippen LogP contribution in [0.25, 0.3) is 11.1 Å². The van der Waals surface area contributed by atoms with E-state index in [0.717, 1.165) is 40.7 Å². The van der Waals surface area contributed by atoms with E-state index in [1.807, 2.05) is 42.2 Å². The smallest absolute Gasteiger partial charge is 0.320 e. The lowest BCUT2D eigenvalue weighted by Gasteiger charge is -2.33. The highest BCUT2D eigenvalue weighted by Crippen LogP contribution is 2.39. The van der Waals surface area contributed by atoms with Crippen LogP contribution in [0.3, 0.4) is 0 Å². The molecule has 1 saturated heterocycles. The van der Waals surface area contributed by atoms with E-state index in [9.17, 15) is 20.3 Å². The van der Waals surface area contributed by atoms with E-state index in [-0.39, 0.29) is 19.8 Å². The average Bonchev–Trinajstić information content (AvgIpc) is 3.11. The molecule has 0 aliphatic carbocycles. The molecule has 0 spiro atoms. The number of likely N-dealkylation sites (tertiary alicyclic amines) is 1. The zero-order chi connectivity index (χ0) is 34.9. The van der Waals surface area contributed by atoms with E-state index in [1.165, 1.54) is 6.20 Å². The third-order valence-corrected chi connectivity index (χ3v) is 9.12. The number of carboxylic acid groups (broad SMARTS) is 1. The Labute approximate surface area is 295 Å². The van der Waals surface area contributed by atoms with Gasteiger partial charge in [0.2, 0.25) is 0 Å². The molecule has 0 unspecified atom stereocenters. The predicted octanol–water partition coefficient (Wildman–Crippen LogP) is 6.56. The number of aromatic nitrogens is 1. The van der Waals surface area contributed by atoms with Gasteiger partial charge in [-0.05, 0) is 61.2 Å². The van der Waals surface area contributed by atoms with E-state index in [0.29, 0.717) is 57.9 Å². The second-order valence-corrected chi connectivity index (χ2v) is 12.6. The van der Waals surface area contributed by atoms with Gasteiger partial charge in [0.25, 0.3) is 0 Å². The molecule has 2 heterocycles. The standard InChI is InChI=1S/C37H37Cl2N3O7/c1-23-26(6-4-7-29(23)30-8-5-10-33(36(30)39)49-22-28(44)19-43)21-48-35-14-34(47-20-25-12-24(15-40)16-41-17-25)27(13-31(35)38)18-42-11-3-2-9-32(42)37(45)46/h4-8,10,12-14,16-17,28,32,43-44H,2-3,9,11,18-22H2,1H3,(H,45,46)/t28-,32+/m1/s1. The molecular weight excluding hydrogens is 669 g/mol. The normalized spacial score (nSPS) is 15.3. The topological polar surface area (TPSA) is 145 Å². The number of halogens is 2. The fraction of sp³-hybridized carbons (Fsp3) is 0.324. The third-order valence-electron chi connectivity index (χ3n) is 8.43. The van der Waals surface area contributed by atoms with Crippen LogP contribution in [0.4, 0.5) is 0 Å². The van der Waals surface area contributed by atoms with Crippen molar-refractivity contribution in [2.24, 2.45) is 0 Å². The largest absolute Gasteiger partial charge is 0.489 e. The number of nitrogens with zero attached hydrogens (tertiary/aromatic N) is 3. The van der Waals surface area contributed by atoms with Crippen molar-refractivity contribution in [2.45, 2.75) is 58.1 Å². The van der Waals surface area contributed by atoms with Crippen molar-refractivity contribution in [1.82, 2.24) is 9.88 Å². The van der Waals surface area contributed by atoms with Crippen molar-refractivity contribution in [2.75, 3.05) is 19.8 Å². The first-order chi connectivity index (χ1) is 23.7. The number of aliphatic carboxylic acids is 1. The first kappa shape index (κ1) is 35.9. The van der Waals surface area contributed by atoms with Gasteiger partial charge in [0, 0.05) is 41.7 Å². The number of hydrogen-bond acceptors (Lipinski definition) is 9. The summed E-state index contributed by atoms with van der Waals surface area (Å²) < 4.78 is 18.2. The molecule has 1 aliphatic rings. The minimum Gasteiger partial charge on any atom is -0.489 e. The van der Waals surface area contributed by atoms with Crippen LogP contribution in [-0.4, -0.2) is 63.1 Å². The van der Waals surface area contributed by atoms with Crippen LogP contribution in [-0.2, 0) is 24.6 Å². The Balaban J connectivity index is 1.40. The molecule has 1 aromatic heterocycles. The van der Waals surface area contributed by atoms with Gasteiger partial charge in [0.05, 0.1) is 22.2 Å².